The Labute approximate surface area is 163 Å². The van der Waals surface area contributed by atoms with Crippen LogP contribution in [0.25, 0.3) is 0 Å². The van der Waals surface area contributed by atoms with Crippen molar-refractivity contribution in [2.75, 3.05) is 11.4 Å². The van der Waals surface area contributed by atoms with Gasteiger partial charge in [0, 0.05) is 29.7 Å². The molecule has 0 aromatic heterocycles. The van der Waals surface area contributed by atoms with Crippen molar-refractivity contribution < 1.29 is 9.59 Å². The number of carbonyl (C=O) groups excluding carboxylic acids is 2. The number of nitrogens with zero attached hydrogens (tertiary/aromatic N) is 2. The zero-order chi connectivity index (χ0) is 18.6. The van der Waals surface area contributed by atoms with Gasteiger partial charge in [-0.1, -0.05) is 17.7 Å². The van der Waals surface area contributed by atoms with Gasteiger partial charge in [-0.3, -0.25) is 14.5 Å². The summed E-state index contributed by atoms with van der Waals surface area (Å²) < 4.78 is 0. The average molecular weight is 392 g/mol. The van der Waals surface area contributed by atoms with Gasteiger partial charge in [-0.2, -0.15) is 0 Å². The molecule has 1 N–H and O–H groups in total. The number of anilines is 1. The molecular weight excluding hydrogens is 370 g/mol. The second kappa shape index (κ2) is 6.20. The highest BCUT2D eigenvalue weighted by atomic mass is 35.5. The van der Waals surface area contributed by atoms with Gasteiger partial charge in [0.2, 0.25) is 11.8 Å². The fraction of sp³-hybridized carbons (Fsp3) is 0.526. The lowest BCUT2D eigenvalue weighted by Crippen LogP contribution is -2.73. The van der Waals surface area contributed by atoms with E-state index < -0.39 is 5.41 Å². The van der Waals surface area contributed by atoms with Gasteiger partial charge < -0.3 is 10.2 Å². The van der Waals surface area contributed by atoms with Gasteiger partial charge in [0.1, 0.15) is 0 Å². The molecule has 3 aliphatic rings. The molecule has 0 unspecified atom stereocenters. The zero-order valence-corrected chi connectivity index (χ0v) is 16.5. The fourth-order valence-corrected chi connectivity index (χ4v) is 5.34. The van der Waals surface area contributed by atoms with E-state index in [0.29, 0.717) is 11.4 Å². The van der Waals surface area contributed by atoms with E-state index in [9.17, 15) is 9.59 Å². The number of carbonyl (C=O) groups is 2. The number of hydrogen-bond donors (Lipinski definition) is 1. The van der Waals surface area contributed by atoms with Crippen LogP contribution < -0.4 is 10.2 Å². The van der Waals surface area contributed by atoms with Crippen LogP contribution in [0.4, 0.5) is 5.69 Å². The molecule has 138 valence electrons. The number of thiocarbonyl (C=S) groups is 1. The van der Waals surface area contributed by atoms with Crippen molar-refractivity contribution in [3.8, 4) is 0 Å². The van der Waals surface area contributed by atoms with Gasteiger partial charge in [0.05, 0.1) is 6.04 Å². The zero-order valence-electron chi connectivity index (χ0n) is 14.9. The third-order valence-electron chi connectivity index (χ3n) is 5.89. The molecule has 1 aromatic carbocycles. The molecule has 5 nitrogen and oxygen atoms in total. The number of halogens is 1. The van der Waals surface area contributed by atoms with E-state index in [0.717, 1.165) is 37.1 Å². The molecule has 2 amide bonds. The summed E-state index contributed by atoms with van der Waals surface area (Å²) in [4.78, 5) is 30.7. The Kier molecular flexibility index (Phi) is 4.23. The highest BCUT2D eigenvalue weighted by Crippen LogP contribution is 2.49. The first-order valence-corrected chi connectivity index (χ1v) is 9.89. The highest BCUT2D eigenvalue weighted by molar-refractivity contribution is 7.80. The lowest BCUT2D eigenvalue weighted by atomic mass is 9.66. The smallest absolute Gasteiger partial charge is 0.247 e. The maximum Gasteiger partial charge on any atom is 0.247 e. The number of benzene rings is 1. The summed E-state index contributed by atoms with van der Waals surface area (Å²) in [6.07, 6.45) is 3.18. The Morgan fingerprint density at radius 2 is 2.08 bits per heavy atom. The van der Waals surface area contributed by atoms with E-state index in [1.54, 1.807) is 4.90 Å². The first kappa shape index (κ1) is 17.7. The summed E-state index contributed by atoms with van der Waals surface area (Å²) in [7, 11) is 0. The van der Waals surface area contributed by atoms with Crippen molar-refractivity contribution in [1.29, 1.82) is 0 Å². The fourth-order valence-electron chi connectivity index (χ4n) is 4.71. The van der Waals surface area contributed by atoms with E-state index in [-0.39, 0.29) is 29.0 Å². The molecule has 2 fully saturated rings. The molecule has 3 heterocycles. The van der Waals surface area contributed by atoms with Crippen molar-refractivity contribution in [2.24, 2.45) is 5.41 Å². The number of amides is 2. The van der Waals surface area contributed by atoms with Crippen molar-refractivity contribution in [2.45, 2.75) is 51.6 Å². The normalized spacial score (nSPS) is 28.3. The molecular formula is C19H22ClN3O2S. The monoisotopic (exact) mass is 391 g/mol. The van der Waals surface area contributed by atoms with Crippen LogP contribution in [0.15, 0.2) is 18.2 Å². The van der Waals surface area contributed by atoms with E-state index in [1.165, 1.54) is 0 Å². The van der Waals surface area contributed by atoms with Crippen LogP contribution in [0.2, 0.25) is 5.02 Å². The average Bonchev–Trinajstić information content (AvgIpc) is 2.60. The number of rotatable bonds is 1. The number of hydrogen-bond acceptors (Lipinski definition) is 4. The maximum atomic E-state index is 13.6. The van der Waals surface area contributed by atoms with Gasteiger partial charge in [-0.05, 0) is 63.0 Å². The molecule has 4 rings (SSSR count). The third kappa shape index (κ3) is 2.31. The maximum absolute atomic E-state index is 13.6. The van der Waals surface area contributed by atoms with Crippen LogP contribution >= 0.6 is 23.8 Å². The van der Waals surface area contributed by atoms with Gasteiger partial charge in [0.15, 0.2) is 10.5 Å². The summed E-state index contributed by atoms with van der Waals surface area (Å²) in [5.41, 5.74) is 0.760. The van der Waals surface area contributed by atoms with Crippen LogP contribution in [0.5, 0.6) is 0 Å². The number of nitrogens with one attached hydrogen (secondary N) is 1. The predicted octanol–water partition coefficient (Wildman–Crippen LogP) is 2.89. The molecule has 7 heteroatoms. The quantitative estimate of drug-likeness (QED) is 0.590. The van der Waals surface area contributed by atoms with Crippen LogP contribution in [-0.4, -0.2) is 40.5 Å². The Hall–Kier alpha value is -1.66. The van der Waals surface area contributed by atoms with Gasteiger partial charge in [-0.15, -0.1) is 0 Å². The third-order valence-corrected chi connectivity index (χ3v) is 6.54. The first-order chi connectivity index (χ1) is 12.4. The minimum absolute atomic E-state index is 0.114. The molecule has 0 aliphatic carbocycles. The molecule has 1 spiro atoms. The Morgan fingerprint density at radius 3 is 2.81 bits per heavy atom. The van der Waals surface area contributed by atoms with Crippen LogP contribution in [0.3, 0.4) is 0 Å². The lowest BCUT2D eigenvalue weighted by molar-refractivity contribution is -0.153. The Balaban J connectivity index is 1.91. The minimum Gasteiger partial charge on any atom is -0.367 e. The molecule has 26 heavy (non-hydrogen) atoms. The minimum atomic E-state index is -1.18. The molecule has 1 aromatic rings. The van der Waals surface area contributed by atoms with E-state index in [2.05, 4.69) is 10.2 Å². The summed E-state index contributed by atoms with van der Waals surface area (Å²) in [6.45, 7) is 4.65. The van der Waals surface area contributed by atoms with Crippen molar-refractivity contribution >= 4 is 46.4 Å². The lowest BCUT2D eigenvalue weighted by Gasteiger charge is -2.54. The van der Waals surface area contributed by atoms with Gasteiger partial charge in [0.25, 0.3) is 0 Å². The molecule has 0 bridgehead atoms. The second-order valence-electron chi connectivity index (χ2n) is 7.62. The van der Waals surface area contributed by atoms with E-state index >= 15 is 0 Å². The second-order valence-corrected chi connectivity index (χ2v) is 8.41. The highest BCUT2D eigenvalue weighted by Gasteiger charge is 2.61. The molecule has 0 radical (unpaired) electrons. The van der Waals surface area contributed by atoms with E-state index in [1.807, 2.05) is 32.0 Å². The number of fused-ring (bicyclic) bond motifs is 4. The largest absolute Gasteiger partial charge is 0.367 e. The van der Waals surface area contributed by atoms with Crippen LogP contribution in [-0.2, 0) is 16.0 Å². The van der Waals surface area contributed by atoms with Crippen molar-refractivity contribution in [3.63, 3.8) is 0 Å². The number of piperidine rings is 1. The molecule has 2 atom stereocenters. The molecule has 2 saturated heterocycles. The topological polar surface area (TPSA) is 52.7 Å². The summed E-state index contributed by atoms with van der Waals surface area (Å²) in [5, 5.41) is 3.62. The van der Waals surface area contributed by atoms with Gasteiger partial charge in [-0.25, -0.2) is 0 Å². The van der Waals surface area contributed by atoms with Crippen molar-refractivity contribution in [3.05, 3.63) is 28.8 Å². The van der Waals surface area contributed by atoms with Crippen LogP contribution in [0, 0.1) is 5.41 Å². The van der Waals surface area contributed by atoms with Crippen LogP contribution in [0.1, 0.15) is 38.7 Å². The first-order valence-electron chi connectivity index (χ1n) is 9.11. The molecule has 0 saturated carbocycles. The van der Waals surface area contributed by atoms with Gasteiger partial charge >= 0.3 is 0 Å². The van der Waals surface area contributed by atoms with Crippen molar-refractivity contribution in [1.82, 2.24) is 10.2 Å². The van der Waals surface area contributed by atoms with E-state index in [4.69, 9.17) is 23.8 Å². The molecule has 3 aliphatic heterocycles. The predicted molar refractivity (Wildman–Crippen MR) is 105 cm³/mol. The SMILES string of the molecule is CC(C)N1C(=O)[C@@]2(Cc3c(Cl)cccc3N3CCCC[C@@H]32)C(=O)NC1=S. The Morgan fingerprint density at radius 1 is 1.31 bits per heavy atom. The standard InChI is InChI=1S/C19H22ClN3O2S/c1-11(2)23-17(25)19(16(24)21-18(23)26)10-12-13(20)6-5-7-14(12)22-9-4-3-8-15(19)22/h5-7,11,15H,3-4,8-10H2,1-2H3,(H,21,24,26)/t15-,19-/m1/s1. The summed E-state index contributed by atoms with van der Waals surface area (Å²) >= 11 is 11.8. The summed E-state index contributed by atoms with van der Waals surface area (Å²) in [5.74, 6) is -0.476. The summed E-state index contributed by atoms with van der Waals surface area (Å²) in [6, 6.07) is 5.52. The Bertz CT molecular complexity index is 812.